The van der Waals surface area contributed by atoms with Gasteiger partial charge in [-0.3, -0.25) is 9.59 Å². The van der Waals surface area contributed by atoms with Crippen molar-refractivity contribution >= 4 is 23.2 Å². The third kappa shape index (κ3) is 4.63. The molecular weight excluding hydrogens is 312 g/mol. The number of ether oxygens (including phenoxy) is 1. The van der Waals surface area contributed by atoms with Crippen LogP contribution in [0.25, 0.3) is 10.6 Å². The van der Waals surface area contributed by atoms with Gasteiger partial charge in [0.15, 0.2) is 0 Å². The maximum Gasteiger partial charge on any atom is 0.305 e. The highest BCUT2D eigenvalue weighted by molar-refractivity contribution is 7.13. The first-order chi connectivity index (χ1) is 11.0. The summed E-state index contributed by atoms with van der Waals surface area (Å²) in [5.41, 5.74) is 2.63. The molecule has 0 fully saturated rings. The fourth-order valence-electron chi connectivity index (χ4n) is 2.06. The molecule has 0 atom stereocenters. The van der Waals surface area contributed by atoms with Crippen molar-refractivity contribution in [2.45, 2.75) is 19.8 Å². The molecule has 1 aromatic heterocycles. The molecule has 1 amide bonds. The van der Waals surface area contributed by atoms with E-state index in [9.17, 15) is 9.59 Å². The van der Waals surface area contributed by atoms with Crippen LogP contribution in [0.2, 0.25) is 0 Å². The number of esters is 1. The first-order valence-electron chi connectivity index (χ1n) is 7.36. The average Bonchev–Trinajstić information content (AvgIpc) is 3.04. The molecule has 6 heteroatoms. The van der Waals surface area contributed by atoms with Crippen molar-refractivity contribution in [3.63, 3.8) is 0 Å². The quantitative estimate of drug-likeness (QED) is 0.763. The Labute approximate surface area is 139 Å². The van der Waals surface area contributed by atoms with Crippen LogP contribution in [-0.4, -0.2) is 42.5 Å². The van der Waals surface area contributed by atoms with Gasteiger partial charge in [-0.25, -0.2) is 4.98 Å². The van der Waals surface area contributed by atoms with E-state index in [-0.39, 0.29) is 11.9 Å². The van der Waals surface area contributed by atoms with Crippen LogP contribution in [0.4, 0.5) is 0 Å². The highest BCUT2D eigenvalue weighted by Gasteiger charge is 2.16. The average molecular weight is 332 g/mol. The van der Waals surface area contributed by atoms with Crippen molar-refractivity contribution in [2.75, 3.05) is 20.7 Å². The number of carbonyl (C=O) groups excluding carboxylic acids is 2. The molecule has 0 spiro atoms. The molecular formula is C17H20N2O3S. The van der Waals surface area contributed by atoms with Gasteiger partial charge in [-0.2, -0.15) is 0 Å². The predicted octanol–water partition coefficient (Wildman–Crippen LogP) is 3.14. The molecule has 0 unspecified atom stereocenters. The zero-order valence-corrected chi connectivity index (χ0v) is 14.4. The summed E-state index contributed by atoms with van der Waals surface area (Å²) in [5.74, 6) is -0.398. The van der Waals surface area contributed by atoms with E-state index in [1.54, 1.807) is 17.3 Å². The number of thiazole rings is 1. The van der Waals surface area contributed by atoms with Gasteiger partial charge in [-0.05, 0) is 13.3 Å². The summed E-state index contributed by atoms with van der Waals surface area (Å²) in [6.07, 6.45) is 0.879. The van der Waals surface area contributed by atoms with Gasteiger partial charge in [0, 0.05) is 31.0 Å². The Balaban J connectivity index is 1.97. The zero-order chi connectivity index (χ0) is 16.8. The summed E-state index contributed by atoms with van der Waals surface area (Å²) in [7, 11) is 3.07. The Kier molecular flexibility index (Phi) is 5.87. The molecule has 5 nitrogen and oxygen atoms in total. The van der Waals surface area contributed by atoms with Crippen LogP contribution in [-0.2, 0) is 9.53 Å². The number of hydrogen-bond donors (Lipinski definition) is 0. The smallest absolute Gasteiger partial charge is 0.305 e. The van der Waals surface area contributed by atoms with E-state index in [2.05, 4.69) is 9.72 Å². The van der Waals surface area contributed by atoms with E-state index >= 15 is 0 Å². The van der Waals surface area contributed by atoms with Crippen LogP contribution in [0.15, 0.2) is 29.6 Å². The number of nitrogens with zero attached hydrogens (tertiary/aromatic N) is 2. The highest BCUT2D eigenvalue weighted by Crippen LogP contribution is 2.24. The van der Waals surface area contributed by atoms with Crippen LogP contribution in [0.3, 0.4) is 0 Å². The Bertz CT molecular complexity index is 679. The molecule has 0 radical (unpaired) electrons. The lowest BCUT2D eigenvalue weighted by atomic mass is 10.2. The molecule has 1 aromatic carbocycles. The fraction of sp³-hybridized carbons (Fsp3) is 0.353. The van der Waals surface area contributed by atoms with Gasteiger partial charge in [-0.15, -0.1) is 11.3 Å². The standard InChI is InChI=1S/C17H20N2O3S/c1-12-6-8-13(9-7-12)16-18-14(11-23-16)17(21)19(2)10-4-5-15(20)22-3/h6-9,11H,4-5,10H2,1-3H3. The van der Waals surface area contributed by atoms with E-state index in [1.807, 2.05) is 31.2 Å². The van der Waals surface area contributed by atoms with Crippen molar-refractivity contribution in [3.05, 3.63) is 40.9 Å². The van der Waals surface area contributed by atoms with Gasteiger partial charge < -0.3 is 9.64 Å². The van der Waals surface area contributed by atoms with Gasteiger partial charge in [-0.1, -0.05) is 29.8 Å². The SMILES string of the molecule is COC(=O)CCCN(C)C(=O)c1csc(-c2ccc(C)cc2)n1. The number of carbonyl (C=O) groups is 2. The molecule has 0 aliphatic carbocycles. The number of aromatic nitrogens is 1. The normalized spacial score (nSPS) is 10.4. The van der Waals surface area contributed by atoms with Gasteiger partial charge in [0.2, 0.25) is 0 Å². The molecule has 122 valence electrons. The molecule has 0 N–H and O–H groups in total. The number of rotatable bonds is 6. The lowest BCUT2D eigenvalue weighted by Gasteiger charge is -2.15. The number of aryl methyl sites for hydroxylation is 1. The first-order valence-corrected chi connectivity index (χ1v) is 8.24. The molecule has 0 bridgehead atoms. The summed E-state index contributed by atoms with van der Waals surface area (Å²) in [6.45, 7) is 2.52. The van der Waals surface area contributed by atoms with Crippen molar-refractivity contribution in [1.29, 1.82) is 0 Å². The van der Waals surface area contributed by atoms with Crippen LogP contribution < -0.4 is 0 Å². The summed E-state index contributed by atoms with van der Waals surface area (Å²) in [6, 6.07) is 8.05. The van der Waals surface area contributed by atoms with Crippen LogP contribution in [0.5, 0.6) is 0 Å². The van der Waals surface area contributed by atoms with Crippen molar-refractivity contribution < 1.29 is 14.3 Å². The second-order valence-corrected chi connectivity index (χ2v) is 6.17. The summed E-state index contributed by atoms with van der Waals surface area (Å²) in [5, 5.41) is 2.60. The molecule has 0 saturated heterocycles. The maximum absolute atomic E-state index is 12.3. The van der Waals surface area contributed by atoms with Crippen molar-refractivity contribution in [2.24, 2.45) is 0 Å². The number of benzene rings is 1. The monoisotopic (exact) mass is 332 g/mol. The topological polar surface area (TPSA) is 59.5 Å². The van der Waals surface area contributed by atoms with E-state index < -0.39 is 0 Å². The fourth-order valence-corrected chi connectivity index (χ4v) is 2.86. The number of methoxy groups -OCH3 is 1. The highest BCUT2D eigenvalue weighted by atomic mass is 32.1. The Morgan fingerprint density at radius 1 is 1.26 bits per heavy atom. The lowest BCUT2D eigenvalue weighted by molar-refractivity contribution is -0.140. The summed E-state index contributed by atoms with van der Waals surface area (Å²) in [4.78, 5) is 29.4. The largest absolute Gasteiger partial charge is 0.469 e. The van der Waals surface area contributed by atoms with E-state index in [0.717, 1.165) is 10.6 Å². The van der Waals surface area contributed by atoms with Crippen LogP contribution in [0.1, 0.15) is 28.9 Å². The summed E-state index contributed by atoms with van der Waals surface area (Å²) < 4.78 is 4.58. The molecule has 23 heavy (non-hydrogen) atoms. The molecule has 1 heterocycles. The van der Waals surface area contributed by atoms with E-state index in [4.69, 9.17) is 0 Å². The van der Waals surface area contributed by atoms with Gasteiger partial charge in [0.05, 0.1) is 7.11 Å². The van der Waals surface area contributed by atoms with Crippen LogP contribution in [0, 0.1) is 6.92 Å². The molecule has 0 saturated carbocycles. The third-order valence-corrected chi connectivity index (χ3v) is 4.36. The summed E-state index contributed by atoms with van der Waals surface area (Å²) >= 11 is 1.45. The molecule has 0 aliphatic heterocycles. The van der Waals surface area contributed by atoms with Gasteiger partial charge >= 0.3 is 5.97 Å². The molecule has 0 aliphatic rings. The van der Waals surface area contributed by atoms with Crippen LogP contribution >= 0.6 is 11.3 Å². The molecule has 2 aromatic rings. The number of hydrogen-bond acceptors (Lipinski definition) is 5. The number of amides is 1. The van der Waals surface area contributed by atoms with Gasteiger partial charge in [0.25, 0.3) is 5.91 Å². The van der Waals surface area contributed by atoms with E-state index in [1.165, 1.54) is 24.0 Å². The Hall–Kier alpha value is -2.21. The van der Waals surface area contributed by atoms with Crippen molar-refractivity contribution in [3.8, 4) is 10.6 Å². The Morgan fingerprint density at radius 2 is 1.96 bits per heavy atom. The zero-order valence-electron chi connectivity index (χ0n) is 13.5. The lowest BCUT2D eigenvalue weighted by Crippen LogP contribution is -2.28. The second kappa shape index (κ2) is 7.87. The van der Waals surface area contributed by atoms with Gasteiger partial charge in [0.1, 0.15) is 10.7 Å². The maximum atomic E-state index is 12.3. The second-order valence-electron chi connectivity index (χ2n) is 5.31. The Morgan fingerprint density at radius 3 is 2.61 bits per heavy atom. The predicted molar refractivity (Wildman–Crippen MR) is 90.5 cm³/mol. The molecule has 2 rings (SSSR count). The minimum atomic E-state index is -0.263. The van der Waals surface area contributed by atoms with Crippen molar-refractivity contribution in [1.82, 2.24) is 9.88 Å². The first kappa shape index (κ1) is 17.1. The minimum absolute atomic E-state index is 0.135. The van der Waals surface area contributed by atoms with E-state index in [0.29, 0.717) is 25.1 Å². The third-order valence-electron chi connectivity index (χ3n) is 3.47. The minimum Gasteiger partial charge on any atom is -0.469 e.